The Hall–Kier alpha value is -2.94. The summed E-state index contributed by atoms with van der Waals surface area (Å²) in [4.78, 5) is 46.3. The number of hydrogen-bond acceptors (Lipinski definition) is 5. The number of carbonyl (C=O) groups is 2. The first-order valence-corrected chi connectivity index (χ1v) is 10.9. The molecular formula is C22H25N5O4. The van der Waals surface area contributed by atoms with E-state index in [1.807, 2.05) is 30.0 Å². The van der Waals surface area contributed by atoms with E-state index in [2.05, 4.69) is 10.1 Å². The molecule has 2 aromatic rings. The maximum absolute atomic E-state index is 13.4. The van der Waals surface area contributed by atoms with Crippen LogP contribution in [0.2, 0.25) is 0 Å². The number of aromatic nitrogens is 3. The van der Waals surface area contributed by atoms with E-state index in [9.17, 15) is 14.4 Å². The Balaban J connectivity index is 1.19. The number of piperidine rings is 1. The number of nitrogens with one attached hydrogen (secondary N) is 1. The van der Waals surface area contributed by atoms with Crippen LogP contribution in [0.3, 0.4) is 0 Å². The van der Waals surface area contributed by atoms with Gasteiger partial charge in [0.1, 0.15) is 5.60 Å². The van der Waals surface area contributed by atoms with E-state index in [1.165, 1.54) is 10.6 Å². The Bertz CT molecular complexity index is 1190. The first kappa shape index (κ1) is 18.8. The van der Waals surface area contributed by atoms with Gasteiger partial charge in [-0.1, -0.05) is 12.2 Å². The van der Waals surface area contributed by atoms with Crippen molar-refractivity contribution in [3.05, 3.63) is 46.0 Å². The van der Waals surface area contributed by atoms with Gasteiger partial charge in [0.2, 0.25) is 11.8 Å². The van der Waals surface area contributed by atoms with Crippen molar-refractivity contribution < 1.29 is 14.3 Å². The Kier molecular flexibility index (Phi) is 3.81. The van der Waals surface area contributed by atoms with E-state index in [4.69, 9.17) is 4.74 Å². The highest BCUT2D eigenvalue weighted by Crippen LogP contribution is 2.52. The van der Waals surface area contributed by atoms with Crippen LogP contribution < -0.4 is 5.56 Å². The lowest BCUT2D eigenvalue weighted by atomic mass is 9.76. The smallest absolute Gasteiger partial charge is 0.272 e. The molecule has 9 heteroatoms. The van der Waals surface area contributed by atoms with Crippen LogP contribution in [0.5, 0.6) is 0 Å². The lowest BCUT2D eigenvalue weighted by Gasteiger charge is -2.35. The van der Waals surface area contributed by atoms with Gasteiger partial charge in [-0.15, -0.1) is 0 Å². The number of carbonyl (C=O) groups excluding carboxylic acids is 2. The fourth-order valence-electron chi connectivity index (χ4n) is 5.93. The fourth-order valence-corrected chi connectivity index (χ4v) is 5.93. The summed E-state index contributed by atoms with van der Waals surface area (Å²) in [5.74, 6) is -0.586. The lowest BCUT2D eigenvalue weighted by molar-refractivity contribution is -0.143. The molecule has 0 aliphatic carbocycles. The number of nitrogens with zero attached hydrogens (tertiary/aromatic N) is 4. The van der Waals surface area contributed by atoms with Gasteiger partial charge in [0.05, 0.1) is 24.5 Å². The van der Waals surface area contributed by atoms with Gasteiger partial charge in [0.25, 0.3) is 5.56 Å². The van der Waals surface area contributed by atoms with Gasteiger partial charge in [0.15, 0.2) is 5.65 Å². The van der Waals surface area contributed by atoms with Crippen LogP contribution in [0, 0.1) is 18.8 Å². The summed E-state index contributed by atoms with van der Waals surface area (Å²) in [7, 11) is 1.77. The van der Waals surface area contributed by atoms with E-state index in [0.717, 1.165) is 18.5 Å². The number of ether oxygens (including phenoxy) is 1. The summed E-state index contributed by atoms with van der Waals surface area (Å²) >= 11 is 0. The molecule has 1 spiro atoms. The molecule has 1 N–H and O–H groups in total. The Morgan fingerprint density at radius 1 is 1.26 bits per heavy atom. The predicted molar refractivity (Wildman–Crippen MR) is 110 cm³/mol. The number of likely N-dealkylation sites (tertiary alicyclic amines) is 2. The molecule has 9 nitrogen and oxygen atoms in total. The van der Waals surface area contributed by atoms with Crippen molar-refractivity contribution in [2.75, 3.05) is 26.7 Å². The average molecular weight is 423 g/mol. The highest BCUT2D eigenvalue weighted by Gasteiger charge is 2.66. The molecule has 162 valence electrons. The standard InChI is InChI=1S/C22H25N5O4/c1-12-9-17(28)27-16(23-12)10-14(24-27)13-4-7-26(8-5-13)20(29)18-15-3-6-22(31-15)11-25(2)21(30)19(18)22/h3,6,9-10,13,15,18-19,24H,4-5,7-8,11H2,1-2H3/t15-,18-,19+,22+/m1/s1. The lowest BCUT2D eigenvalue weighted by Crippen LogP contribution is -2.48. The maximum atomic E-state index is 13.4. The van der Waals surface area contributed by atoms with Gasteiger partial charge in [-0.25, -0.2) is 9.50 Å². The van der Waals surface area contributed by atoms with E-state index < -0.39 is 17.4 Å². The van der Waals surface area contributed by atoms with Crippen LogP contribution in [-0.4, -0.2) is 74.6 Å². The van der Waals surface area contributed by atoms with E-state index in [1.54, 1.807) is 11.9 Å². The fraction of sp³-hybridized carbons (Fsp3) is 0.545. The number of aryl methyl sites for hydroxylation is 1. The quantitative estimate of drug-likeness (QED) is 0.707. The van der Waals surface area contributed by atoms with Crippen LogP contribution in [0.15, 0.2) is 29.1 Å². The predicted octanol–water partition coefficient (Wildman–Crippen LogP) is 0.449. The molecule has 3 saturated heterocycles. The number of hydrogen-bond donors (Lipinski definition) is 1. The SMILES string of the molecule is Cc1cc(=O)n2[nH]c(C3CCN(C(=O)[C@H]4[C@H]5C(=O)N(C)C[C@@]56C=C[C@H]4O6)CC3)cc2n1. The highest BCUT2D eigenvalue weighted by molar-refractivity contribution is 5.93. The molecule has 2 amide bonds. The number of aromatic amines is 1. The van der Waals surface area contributed by atoms with Crippen LogP contribution in [-0.2, 0) is 14.3 Å². The summed E-state index contributed by atoms with van der Waals surface area (Å²) in [5, 5.41) is 3.18. The first-order chi connectivity index (χ1) is 14.9. The molecule has 2 aromatic heterocycles. The molecule has 6 rings (SSSR count). The zero-order chi connectivity index (χ0) is 21.5. The van der Waals surface area contributed by atoms with E-state index in [0.29, 0.717) is 31.0 Å². The molecule has 4 aliphatic heterocycles. The van der Waals surface area contributed by atoms with Crippen molar-refractivity contribution in [2.45, 2.75) is 37.4 Å². The van der Waals surface area contributed by atoms with Crippen LogP contribution >= 0.6 is 0 Å². The van der Waals surface area contributed by atoms with Gasteiger partial charge in [-0.05, 0) is 19.8 Å². The minimum Gasteiger partial charge on any atom is -0.360 e. The molecule has 4 atom stereocenters. The number of H-pyrrole nitrogens is 1. The second-order valence-electron chi connectivity index (χ2n) is 9.33. The monoisotopic (exact) mass is 423 g/mol. The average Bonchev–Trinajstić information content (AvgIpc) is 3.48. The van der Waals surface area contributed by atoms with Crippen LogP contribution in [0.1, 0.15) is 30.1 Å². The molecule has 31 heavy (non-hydrogen) atoms. The van der Waals surface area contributed by atoms with Crippen molar-refractivity contribution in [2.24, 2.45) is 11.8 Å². The zero-order valence-electron chi connectivity index (χ0n) is 17.6. The molecule has 3 fully saturated rings. The van der Waals surface area contributed by atoms with Crippen molar-refractivity contribution >= 4 is 17.5 Å². The topological polar surface area (TPSA) is 100 Å². The molecule has 0 radical (unpaired) electrons. The molecule has 6 heterocycles. The Labute approximate surface area is 178 Å². The third-order valence-corrected chi connectivity index (χ3v) is 7.42. The summed E-state index contributed by atoms with van der Waals surface area (Å²) in [5.41, 5.74) is 1.55. The van der Waals surface area contributed by atoms with E-state index in [-0.39, 0.29) is 29.4 Å². The van der Waals surface area contributed by atoms with E-state index >= 15 is 0 Å². The molecular weight excluding hydrogens is 398 g/mol. The van der Waals surface area contributed by atoms with Gasteiger partial charge in [-0.3, -0.25) is 19.5 Å². The molecule has 2 bridgehead atoms. The second kappa shape index (κ2) is 6.29. The normalized spacial score (nSPS) is 32.5. The summed E-state index contributed by atoms with van der Waals surface area (Å²) < 4.78 is 7.60. The van der Waals surface area contributed by atoms with Crippen LogP contribution in [0.4, 0.5) is 0 Å². The number of likely N-dealkylation sites (N-methyl/N-ethyl adjacent to an activating group) is 1. The number of fused-ring (bicyclic) bond motifs is 2. The van der Waals surface area contributed by atoms with Gasteiger partial charge in [-0.2, -0.15) is 0 Å². The van der Waals surface area contributed by atoms with Gasteiger partial charge in [0, 0.05) is 49.6 Å². The van der Waals surface area contributed by atoms with Crippen LogP contribution in [0.25, 0.3) is 5.65 Å². The van der Waals surface area contributed by atoms with Gasteiger partial charge >= 0.3 is 0 Å². The summed E-state index contributed by atoms with van der Waals surface area (Å²) in [6.07, 6.45) is 5.22. The minimum atomic E-state index is -0.627. The van der Waals surface area contributed by atoms with Crippen molar-refractivity contribution in [3.8, 4) is 0 Å². The molecule has 4 aliphatic rings. The number of amides is 2. The maximum Gasteiger partial charge on any atom is 0.272 e. The minimum absolute atomic E-state index is 0.00592. The Morgan fingerprint density at radius 2 is 2.03 bits per heavy atom. The third kappa shape index (κ3) is 2.59. The van der Waals surface area contributed by atoms with Crippen molar-refractivity contribution in [1.29, 1.82) is 0 Å². The largest absolute Gasteiger partial charge is 0.360 e. The zero-order valence-corrected chi connectivity index (χ0v) is 17.6. The summed E-state index contributed by atoms with van der Waals surface area (Å²) in [6, 6.07) is 3.44. The second-order valence-corrected chi connectivity index (χ2v) is 9.33. The molecule has 0 saturated carbocycles. The summed E-state index contributed by atoms with van der Waals surface area (Å²) in [6.45, 7) is 3.57. The number of rotatable bonds is 2. The third-order valence-electron chi connectivity index (χ3n) is 7.42. The molecule has 0 aromatic carbocycles. The first-order valence-electron chi connectivity index (χ1n) is 10.9. The van der Waals surface area contributed by atoms with Crippen molar-refractivity contribution in [3.63, 3.8) is 0 Å². The van der Waals surface area contributed by atoms with Gasteiger partial charge < -0.3 is 14.5 Å². The highest BCUT2D eigenvalue weighted by atomic mass is 16.5. The Morgan fingerprint density at radius 3 is 2.81 bits per heavy atom. The molecule has 0 unspecified atom stereocenters. The van der Waals surface area contributed by atoms with Crippen molar-refractivity contribution in [1.82, 2.24) is 24.4 Å².